The number of carbonyl (C=O) groups is 1. The molecule has 0 aliphatic carbocycles. The molecule has 0 fully saturated rings. The number of hydrogen-bond acceptors (Lipinski definition) is 4. The van der Waals surface area contributed by atoms with E-state index in [4.69, 9.17) is 0 Å². The van der Waals surface area contributed by atoms with Crippen LogP contribution < -0.4 is 5.32 Å². The lowest BCUT2D eigenvalue weighted by Gasteiger charge is -2.07. The number of anilines is 1. The van der Waals surface area contributed by atoms with Crippen molar-refractivity contribution in [2.75, 3.05) is 11.1 Å². The Morgan fingerprint density at radius 1 is 1.30 bits per heavy atom. The molecule has 120 valence electrons. The van der Waals surface area contributed by atoms with Gasteiger partial charge in [-0.2, -0.15) is 0 Å². The van der Waals surface area contributed by atoms with Crippen molar-refractivity contribution < 1.29 is 14.1 Å². The van der Waals surface area contributed by atoms with Gasteiger partial charge in [0.25, 0.3) is 5.69 Å². The summed E-state index contributed by atoms with van der Waals surface area (Å²) in [4.78, 5) is 21.9. The van der Waals surface area contributed by atoms with Crippen LogP contribution in [-0.4, -0.2) is 16.6 Å². The number of rotatable bonds is 6. The molecule has 0 atom stereocenters. The molecule has 0 bridgehead atoms. The maximum Gasteiger partial charge on any atom is 0.271 e. The zero-order chi connectivity index (χ0) is 16.8. The topological polar surface area (TPSA) is 72.2 Å². The van der Waals surface area contributed by atoms with Crippen molar-refractivity contribution in [2.45, 2.75) is 12.7 Å². The molecule has 0 unspecified atom stereocenters. The molecule has 0 heterocycles. The summed E-state index contributed by atoms with van der Waals surface area (Å²) in [6.07, 6.45) is 0. The second-order valence-corrected chi connectivity index (χ2v) is 5.87. The van der Waals surface area contributed by atoms with Crippen LogP contribution in [0.15, 0.2) is 42.5 Å². The highest BCUT2D eigenvalue weighted by molar-refractivity contribution is 7.99. The van der Waals surface area contributed by atoms with Crippen LogP contribution in [0, 0.1) is 22.9 Å². The van der Waals surface area contributed by atoms with Crippen LogP contribution in [-0.2, 0) is 10.5 Å². The Bertz CT molecular complexity index is 737. The van der Waals surface area contributed by atoms with Crippen LogP contribution in [0.1, 0.15) is 11.1 Å². The van der Waals surface area contributed by atoms with E-state index in [9.17, 15) is 19.3 Å². The summed E-state index contributed by atoms with van der Waals surface area (Å²) < 4.78 is 13.6. The summed E-state index contributed by atoms with van der Waals surface area (Å²) in [5.74, 6) is -0.301. The second-order valence-electron chi connectivity index (χ2n) is 4.89. The number of nitrogens with one attached hydrogen (secondary N) is 1. The highest BCUT2D eigenvalue weighted by Crippen LogP contribution is 2.22. The summed E-state index contributed by atoms with van der Waals surface area (Å²) in [6, 6.07) is 10.9. The van der Waals surface area contributed by atoms with Gasteiger partial charge < -0.3 is 5.32 Å². The molecule has 0 aromatic heterocycles. The van der Waals surface area contributed by atoms with Crippen LogP contribution >= 0.6 is 11.8 Å². The number of aryl methyl sites for hydroxylation is 1. The molecule has 0 radical (unpaired) electrons. The first-order chi connectivity index (χ1) is 11.0. The van der Waals surface area contributed by atoms with Gasteiger partial charge in [0.15, 0.2) is 0 Å². The smallest absolute Gasteiger partial charge is 0.271 e. The number of thioether (sulfide) groups is 1. The molecule has 2 aromatic carbocycles. The van der Waals surface area contributed by atoms with Crippen molar-refractivity contribution in [2.24, 2.45) is 0 Å². The Morgan fingerprint density at radius 3 is 2.74 bits per heavy atom. The fourth-order valence-electron chi connectivity index (χ4n) is 1.93. The normalized spacial score (nSPS) is 10.3. The van der Waals surface area contributed by atoms with Crippen LogP contribution in [0.4, 0.5) is 15.8 Å². The van der Waals surface area contributed by atoms with Gasteiger partial charge in [-0.3, -0.25) is 14.9 Å². The molecule has 0 saturated carbocycles. The number of hydrogen-bond donors (Lipinski definition) is 1. The van der Waals surface area contributed by atoms with E-state index in [1.807, 2.05) is 31.2 Å². The zero-order valence-corrected chi connectivity index (χ0v) is 13.2. The van der Waals surface area contributed by atoms with Gasteiger partial charge in [0.05, 0.1) is 16.4 Å². The van der Waals surface area contributed by atoms with Crippen LogP contribution in [0.25, 0.3) is 0 Å². The van der Waals surface area contributed by atoms with E-state index in [0.29, 0.717) is 5.75 Å². The highest BCUT2D eigenvalue weighted by Gasteiger charge is 2.13. The number of amides is 1. The minimum absolute atomic E-state index is 0.135. The van der Waals surface area contributed by atoms with E-state index in [-0.39, 0.29) is 17.1 Å². The van der Waals surface area contributed by atoms with Crippen LogP contribution in [0.2, 0.25) is 0 Å². The number of benzene rings is 2. The maximum absolute atomic E-state index is 13.6. The van der Waals surface area contributed by atoms with Crippen molar-refractivity contribution >= 4 is 29.0 Å². The summed E-state index contributed by atoms with van der Waals surface area (Å²) >= 11 is 1.40. The lowest BCUT2D eigenvalue weighted by atomic mass is 10.1. The Balaban J connectivity index is 1.91. The van der Waals surface area contributed by atoms with Gasteiger partial charge in [0, 0.05) is 17.9 Å². The predicted molar refractivity (Wildman–Crippen MR) is 89.0 cm³/mol. The molecule has 0 aliphatic rings. The molecule has 0 saturated heterocycles. The van der Waals surface area contributed by atoms with Gasteiger partial charge in [-0.05, 0) is 24.1 Å². The molecule has 0 spiro atoms. The fourth-order valence-corrected chi connectivity index (χ4v) is 2.84. The molecule has 23 heavy (non-hydrogen) atoms. The summed E-state index contributed by atoms with van der Waals surface area (Å²) in [6.45, 7) is 1.99. The molecule has 2 aromatic rings. The average molecular weight is 334 g/mol. The van der Waals surface area contributed by atoms with Gasteiger partial charge in [-0.25, -0.2) is 4.39 Å². The van der Waals surface area contributed by atoms with E-state index in [1.54, 1.807) is 0 Å². The van der Waals surface area contributed by atoms with Gasteiger partial charge in [-0.1, -0.05) is 24.3 Å². The monoisotopic (exact) mass is 334 g/mol. The predicted octanol–water partition coefficient (Wildman–Crippen LogP) is 3.91. The third-order valence-corrected chi connectivity index (χ3v) is 4.17. The summed E-state index contributed by atoms with van der Waals surface area (Å²) in [5.41, 5.74) is 1.83. The Hall–Kier alpha value is -2.41. The molecular formula is C16H15FN2O3S. The maximum atomic E-state index is 13.6. The fraction of sp³-hybridized carbons (Fsp3) is 0.188. The van der Waals surface area contributed by atoms with E-state index >= 15 is 0 Å². The van der Waals surface area contributed by atoms with E-state index < -0.39 is 16.6 Å². The third kappa shape index (κ3) is 4.79. The van der Waals surface area contributed by atoms with Gasteiger partial charge in [-0.15, -0.1) is 11.8 Å². The van der Waals surface area contributed by atoms with Crippen LogP contribution in [0.3, 0.4) is 0 Å². The lowest BCUT2D eigenvalue weighted by molar-refractivity contribution is -0.384. The first-order valence-corrected chi connectivity index (χ1v) is 7.99. The molecule has 1 amide bonds. The second kappa shape index (κ2) is 7.73. The number of nitro benzene ring substituents is 1. The van der Waals surface area contributed by atoms with Crippen molar-refractivity contribution in [3.63, 3.8) is 0 Å². The Morgan fingerprint density at radius 2 is 2.04 bits per heavy atom. The molecular weight excluding hydrogens is 319 g/mol. The Kier molecular flexibility index (Phi) is 5.70. The first kappa shape index (κ1) is 17.0. The van der Waals surface area contributed by atoms with Gasteiger partial charge in [0.2, 0.25) is 5.91 Å². The molecule has 2 rings (SSSR count). The first-order valence-electron chi connectivity index (χ1n) is 6.83. The number of halogens is 1. The quantitative estimate of drug-likeness (QED) is 0.642. The SMILES string of the molecule is Cc1ccccc1CSCC(=O)Nc1cc([N+](=O)[O-])ccc1F. The van der Waals surface area contributed by atoms with E-state index in [2.05, 4.69) is 5.32 Å². The molecule has 5 nitrogen and oxygen atoms in total. The number of nitrogens with zero attached hydrogens (tertiary/aromatic N) is 1. The van der Waals surface area contributed by atoms with Gasteiger partial charge in [0.1, 0.15) is 5.82 Å². The standard InChI is InChI=1S/C16H15FN2O3S/c1-11-4-2-3-5-12(11)9-23-10-16(20)18-15-8-13(19(21)22)6-7-14(15)17/h2-8H,9-10H2,1H3,(H,18,20). The van der Waals surface area contributed by atoms with E-state index in [0.717, 1.165) is 29.3 Å². The van der Waals surface area contributed by atoms with Crippen molar-refractivity contribution in [1.82, 2.24) is 0 Å². The third-order valence-electron chi connectivity index (χ3n) is 3.19. The average Bonchev–Trinajstić information content (AvgIpc) is 2.51. The molecule has 7 heteroatoms. The lowest BCUT2D eigenvalue weighted by Crippen LogP contribution is -2.15. The largest absolute Gasteiger partial charge is 0.323 e. The van der Waals surface area contributed by atoms with Gasteiger partial charge >= 0.3 is 0 Å². The Labute approximate surface area is 137 Å². The van der Waals surface area contributed by atoms with Crippen LogP contribution in [0.5, 0.6) is 0 Å². The minimum atomic E-state index is -0.701. The van der Waals surface area contributed by atoms with Crippen molar-refractivity contribution in [3.05, 3.63) is 69.5 Å². The van der Waals surface area contributed by atoms with Crippen molar-refractivity contribution in [1.29, 1.82) is 0 Å². The minimum Gasteiger partial charge on any atom is -0.323 e. The number of nitro groups is 1. The molecule has 1 N–H and O–H groups in total. The summed E-state index contributed by atoms with van der Waals surface area (Å²) in [7, 11) is 0. The van der Waals surface area contributed by atoms with Crippen molar-refractivity contribution in [3.8, 4) is 0 Å². The summed E-state index contributed by atoms with van der Waals surface area (Å²) in [5, 5.41) is 13.0. The van der Waals surface area contributed by atoms with E-state index in [1.165, 1.54) is 11.8 Å². The number of non-ortho nitro benzene ring substituents is 1. The highest BCUT2D eigenvalue weighted by atomic mass is 32.2. The number of carbonyl (C=O) groups excluding carboxylic acids is 1. The zero-order valence-electron chi connectivity index (χ0n) is 12.4. The molecule has 0 aliphatic heterocycles.